The Labute approximate surface area is 130 Å². The molecule has 2 nitrogen and oxygen atoms in total. The van der Waals surface area contributed by atoms with Crippen molar-refractivity contribution in [3.8, 4) is 5.40 Å². The Kier molecular flexibility index (Phi) is 7.78. The highest BCUT2D eigenvalue weighted by molar-refractivity contribution is 8.03. The van der Waals surface area contributed by atoms with Gasteiger partial charge in [0.25, 0.3) is 0 Å². The Morgan fingerprint density at radius 2 is 2.10 bits per heavy atom. The molecule has 2 rings (SSSR count). The summed E-state index contributed by atoms with van der Waals surface area (Å²) in [6.45, 7) is 3.90. The minimum absolute atomic E-state index is 0.0689. The van der Waals surface area contributed by atoms with Crippen LogP contribution >= 0.6 is 11.8 Å². The van der Waals surface area contributed by atoms with Gasteiger partial charge in [-0.15, -0.1) is 0 Å². The highest BCUT2D eigenvalue weighted by Gasteiger charge is 2.23. The number of halogens is 1. The van der Waals surface area contributed by atoms with Gasteiger partial charge < -0.3 is 4.99 Å². The standard InChI is InChI=1S/C14H14FNS.C3H7N/c1-2-10-6-7-11-12(4-3-5-13(11)15)14(8-10)17-9-16;1-3-4-2/h2-5,14H,6-8H2,1H3;3H,1-2H3/b10-2-;. The summed E-state index contributed by atoms with van der Waals surface area (Å²) in [4.78, 5) is 3.61. The number of hydrogen-bond acceptors (Lipinski definition) is 3. The summed E-state index contributed by atoms with van der Waals surface area (Å²) < 4.78 is 13.8. The first-order valence-electron chi connectivity index (χ1n) is 7.00. The molecule has 0 saturated heterocycles. The molecule has 1 atom stereocenters. The fraction of sp³-hybridized carbons (Fsp3) is 0.412. The van der Waals surface area contributed by atoms with Gasteiger partial charge in [0.15, 0.2) is 0 Å². The molecule has 0 radical (unpaired) electrons. The third-order valence-electron chi connectivity index (χ3n) is 3.51. The zero-order chi connectivity index (χ0) is 15.7. The number of thioether (sulfide) groups is 1. The Morgan fingerprint density at radius 3 is 2.67 bits per heavy atom. The van der Waals surface area contributed by atoms with Crippen LogP contribution in [-0.4, -0.2) is 13.3 Å². The minimum Gasteiger partial charge on any atom is -0.301 e. The van der Waals surface area contributed by atoms with Crippen molar-refractivity contribution in [3.63, 3.8) is 0 Å². The molecule has 1 aliphatic carbocycles. The number of hydrogen-bond donors (Lipinski definition) is 0. The molecule has 0 amide bonds. The fourth-order valence-corrected chi connectivity index (χ4v) is 3.08. The molecule has 0 N–H and O–H groups in total. The summed E-state index contributed by atoms with van der Waals surface area (Å²) in [7, 11) is 1.75. The number of thiocyanates is 1. The highest BCUT2D eigenvalue weighted by Crippen LogP contribution is 2.40. The molecule has 0 bridgehead atoms. The monoisotopic (exact) mass is 304 g/mol. The topological polar surface area (TPSA) is 36.1 Å². The van der Waals surface area contributed by atoms with Crippen molar-refractivity contribution >= 4 is 18.0 Å². The van der Waals surface area contributed by atoms with Crippen LogP contribution in [0.5, 0.6) is 0 Å². The third kappa shape index (κ3) is 5.02. The largest absolute Gasteiger partial charge is 0.301 e. The summed E-state index contributed by atoms with van der Waals surface area (Å²) in [6, 6.07) is 5.19. The van der Waals surface area contributed by atoms with E-state index in [0.29, 0.717) is 0 Å². The maximum absolute atomic E-state index is 13.8. The average Bonchev–Trinajstić information content (AvgIpc) is 2.69. The van der Waals surface area contributed by atoms with Crippen molar-refractivity contribution in [1.82, 2.24) is 0 Å². The molecular weight excluding hydrogens is 283 g/mol. The summed E-state index contributed by atoms with van der Waals surface area (Å²) in [5.41, 5.74) is 3.10. The first-order chi connectivity index (χ1) is 10.2. The molecule has 0 heterocycles. The molecule has 0 saturated carbocycles. The predicted octanol–water partition coefficient (Wildman–Crippen LogP) is 5.07. The lowest BCUT2D eigenvalue weighted by molar-refractivity contribution is 0.607. The van der Waals surface area contributed by atoms with E-state index in [9.17, 15) is 4.39 Å². The van der Waals surface area contributed by atoms with Gasteiger partial charge in [0, 0.05) is 12.3 Å². The van der Waals surface area contributed by atoms with E-state index in [0.717, 1.165) is 30.4 Å². The SMILES string of the molecule is C/C=C1/CCc2c(F)cccc2C(SC#N)C1.CC=NC. The molecule has 0 spiro atoms. The first-order valence-corrected chi connectivity index (χ1v) is 7.88. The van der Waals surface area contributed by atoms with Crippen molar-refractivity contribution in [3.05, 3.63) is 46.8 Å². The van der Waals surface area contributed by atoms with E-state index >= 15 is 0 Å². The van der Waals surface area contributed by atoms with Crippen molar-refractivity contribution in [2.45, 2.75) is 38.4 Å². The molecular formula is C17H21FN2S. The van der Waals surface area contributed by atoms with Gasteiger partial charge in [-0.05, 0) is 68.3 Å². The summed E-state index contributed by atoms with van der Waals surface area (Å²) in [5, 5.41) is 11.1. The Morgan fingerprint density at radius 1 is 1.38 bits per heavy atom. The van der Waals surface area contributed by atoms with Gasteiger partial charge in [0.2, 0.25) is 0 Å². The van der Waals surface area contributed by atoms with Gasteiger partial charge in [0.05, 0.1) is 0 Å². The van der Waals surface area contributed by atoms with Crippen molar-refractivity contribution in [1.29, 1.82) is 5.26 Å². The van der Waals surface area contributed by atoms with Crippen LogP contribution in [-0.2, 0) is 6.42 Å². The second kappa shape index (κ2) is 9.36. The summed E-state index contributed by atoms with van der Waals surface area (Å²) in [6.07, 6.45) is 6.33. The number of nitriles is 1. The molecule has 0 aliphatic heterocycles. The molecule has 1 aromatic carbocycles. The smallest absolute Gasteiger partial charge is 0.133 e. The normalized spacial score (nSPS) is 19.4. The molecule has 1 aliphatic rings. The number of fused-ring (bicyclic) bond motifs is 1. The van der Waals surface area contributed by atoms with Crippen LogP contribution in [0.4, 0.5) is 4.39 Å². The van der Waals surface area contributed by atoms with Gasteiger partial charge in [-0.2, -0.15) is 5.26 Å². The number of nitrogens with zero attached hydrogens (tertiary/aromatic N) is 2. The molecule has 0 aromatic heterocycles. The molecule has 1 unspecified atom stereocenters. The fourth-order valence-electron chi connectivity index (χ4n) is 2.31. The van der Waals surface area contributed by atoms with E-state index in [4.69, 9.17) is 5.26 Å². The van der Waals surface area contributed by atoms with E-state index in [1.165, 1.54) is 23.4 Å². The van der Waals surface area contributed by atoms with Gasteiger partial charge >= 0.3 is 0 Å². The Balaban J connectivity index is 0.000000491. The van der Waals surface area contributed by atoms with E-state index in [-0.39, 0.29) is 11.1 Å². The van der Waals surface area contributed by atoms with Crippen LogP contribution < -0.4 is 0 Å². The lowest BCUT2D eigenvalue weighted by Gasteiger charge is -2.14. The third-order valence-corrected chi connectivity index (χ3v) is 4.32. The van der Waals surface area contributed by atoms with Crippen LogP contribution in [0.1, 0.15) is 43.1 Å². The highest BCUT2D eigenvalue weighted by atomic mass is 32.2. The van der Waals surface area contributed by atoms with Gasteiger partial charge in [-0.3, -0.25) is 0 Å². The molecule has 112 valence electrons. The quantitative estimate of drug-likeness (QED) is 0.314. The zero-order valence-corrected chi connectivity index (χ0v) is 13.6. The second-order valence-corrected chi connectivity index (χ2v) is 5.66. The Bertz CT molecular complexity index is 554. The van der Waals surface area contributed by atoms with Crippen molar-refractivity contribution in [2.24, 2.45) is 4.99 Å². The lowest BCUT2D eigenvalue weighted by atomic mass is 10.0. The van der Waals surface area contributed by atoms with Crippen LogP contribution in [0, 0.1) is 16.5 Å². The maximum Gasteiger partial charge on any atom is 0.133 e. The average molecular weight is 304 g/mol. The van der Waals surface area contributed by atoms with Crippen LogP contribution in [0.2, 0.25) is 0 Å². The van der Waals surface area contributed by atoms with Crippen LogP contribution in [0.15, 0.2) is 34.8 Å². The van der Waals surface area contributed by atoms with Crippen LogP contribution in [0.25, 0.3) is 0 Å². The van der Waals surface area contributed by atoms with Crippen molar-refractivity contribution < 1.29 is 4.39 Å². The molecule has 4 heteroatoms. The molecule has 1 aromatic rings. The van der Waals surface area contributed by atoms with Gasteiger partial charge in [-0.25, -0.2) is 4.39 Å². The summed E-state index contributed by atoms with van der Waals surface area (Å²) in [5.74, 6) is -0.136. The minimum atomic E-state index is -0.136. The van der Waals surface area contributed by atoms with Crippen LogP contribution in [0.3, 0.4) is 0 Å². The number of rotatable bonds is 1. The second-order valence-electron chi connectivity index (χ2n) is 4.67. The lowest BCUT2D eigenvalue weighted by Crippen LogP contribution is -1.98. The number of benzene rings is 1. The summed E-state index contributed by atoms with van der Waals surface area (Å²) >= 11 is 1.23. The van der Waals surface area contributed by atoms with E-state index < -0.39 is 0 Å². The van der Waals surface area contributed by atoms with E-state index in [1.807, 2.05) is 19.9 Å². The number of allylic oxidation sites excluding steroid dienone is 2. The van der Waals surface area contributed by atoms with Gasteiger partial charge in [-0.1, -0.05) is 23.8 Å². The van der Waals surface area contributed by atoms with Crippen molar-refractivity contribution in [2.75, 3.05) is 7.05 Å². The van der Waals surface area contributed by atoms with Gasteiger partial charge in [0.1, 0.15) is 11.2 Å². The maximum atomic E-state index is 13.8. The predicted molar refractivity (Wildman–Crippen MR) is 89.1 cm³/mol. The first kappa shape index (κ1) is 17.5. The molecule has 0 fully saturated rings. The van der Waals surface area contributed by atoms with E-state index in [2.05, 4.69) is 16.5 Å². The number of aliphatic imine (C=N–C) groups is 1. The molecule has 21 heavy (non-hydrogen) atoms. The zero-order valence-electron chi connectivity index (χ0n) is 12.8. The van der Waals surface area contributed by atoms with E-state index in [1.54, 1.807) is 19.3 Å². The Hall–Kier alpha value is -1.60.